The van der Waals surface area contributed by atoms with Crippen LogP contribution in [0.5, 0.6) is 0 Å². The lowest BCUT2D eigenvalue weighted by molar-refractivity contribution is -0.121. The van der Waals surface area contributed by atoms with Crippen molar-refractivity contribution in [2.24, 2.45) is 0 Å². The highest BCUT2D eigenvalue weighted by Crippen LogP contribution is 2.27. The van der Waals surface area contributed by atoms with E-state index >= 15 is 0 Å². The van der Waals surface area contributed by atoms with Gasteiger partial charge >= 0.3 is 0 Å². The molecule has 2 aromatic heterocycles. The van der Waals surface area contributed by atoms with Crippen LogP contribution in [0.25, 0.3) is 6.08 Å². The van der Waals surface area contributed by atoms with E-state index in [0.717, 1.165) is 9.88 Å². The largest absolute Gasteiger partial charge is 0.343 e. The maximum Gasteiger partial charge on any atom is 0.244 e. The van der Waals surface area contributed by atoms with E-state index in [-0.39, 0.29) is 23.8 Å². The Morgan fingerprint density at radius 3 is 2.71 bits per heavy atom. The van der Waals surface area contributed by atoms with Crippen LogP contribution in [0.15, 0.2) is 36.8 Å². The number of thiazole rings is 1. The predicted octanol–water partition coefficient (Wildman–Crippen LogP) is 2.60. The van der Waals surface area contributed by atoms with Crippen LogP contribution in [0.2, 0.25) is 0 Å². The fourth-order valence-corrected chi connectivity index (χ4v) is 2.61. The Labute approximate surface area is 145 Å². The SMILES string of the molecule is CC(C)(C)c1ncc(C=CC(=O)NCC(=O)Nc2cccnc2)s1. The molecule has 0 radical (unpaired) electrons. The molecule has 2 amide bonds. The first-order valence-corrected chi connectivity index (χ1v) is 8.28. The van der Waals surface area contributed by atoms with Crippen molar-refractivity contribution in [2.45, 2.75) is 26.2 Å². The monoisotopic (exact) mass is 344 g/mol. The molecule has 0 atom stereocenters. The number of pyridine rings is 1. The number of rotatable bonds is 5. The van der Waals surface area contributed by atoms with Crippen LogP contribution < -0.4 is 10.6 Å². The molecule has 0 saturated carbocycles. The summed E-state index contributed by atoms with van der Waals surface area (Å²) in [4.78, 5) is 32.6. The molecule has 7 heteroatoms. The van der Waals surface area contributed by atoms with E-state index in [0.29, 0.717) is 5.69 Å². The Morgan fingerprint density at radius 1 is 1.29 bits per heavy atom. The van der Waals surface area contributed by atoms with E-state index in [1.54, 1.807) is 41.9 Å². The fraction of sp³-hybridized carbons (Fsp3) is 0.294. The summed E-state index contributed by atoms with van der Waals surface area (Å²) in [5.41, 5.74) is 0.579. The molecule has 0 saturated heterocycles. The number of hydrogen-bond acceptors (Lipinski definition) is 5. The first-order valence-electron chi connectivity index (χ1n) is 7.47. The highest BCUT2D eigenvalue weighted by Gasteiger charge is 2.17. The van der Waals surface area contributed by atoms with Crippen molar-refractivity contribution in [2.75, 3.05) is 11.9 Å². The first-order chi connectivity index (χ1) is 11.3. The van der Waals surface area contributed by atoms with E-state index in [1.807, 2.05) is 0 Å². The molecule has 0 aliphatic rings. The molecule has 0 bridgehead atoms. The van der Waals surface area contributed by atoms with Crippen LogP contribution in [0.4, 0.5) is 5.69 Å². The average Bonchev–Trinajstić information content (AvgIpc) is 3.01. The average molecular weight is 344 g/mol. The van der Waals surface area contributed by atoms with Crippen LogP contribution in [0.1, 0.15) is 30.7 Å². The van der Waals surface area contributed by atoms with Crippen LogP contribution >= 0.6 is 11.3 Å². The van der Waals surface area contributed by atoms with Gasteiger partial charge in [-0.25, -0.2) is 4.98 Å². The van der Waals surface area contributed by atoms with Gasteiger partial charge in [0, 0.05) is 28.8 Å². The fourth-order valence-electron chi connectivity index (χ4n) is 1.74. The summed E-state index contributed by atoms with van der Waals surface area (Å²) in [7, 11) is 0. The van der Waals surface area contributed by atoms with E-state index in [1.165, 1.54) is 12.3 Å². The number of anilines is 1. The topological polar surface area (TPSA) is 84.0 Å². The summed E-state index contributed by atoms with van der Waals surface area (Å²) in [6.07, 6.45) is 7.99. The van der Waals surface area contributed by atoms with Crippen molar-refractivity contribution in [3.05, 3.63) is 46.7 Å². The smallest absolute Gasteiger partial charge is 0.244 e. The molecule has 24 heavy (non-hydrogen) atoms. The van der Waals surface area contributed by atoms with Gasteiger partial charge in [0.2, 0.25) is 11.8 Å². The zero-order chi connectivity index (χ0) is 17.6. The first kappa shape index (κ1) is 17.8. The molecule has 0 aliphatic carbocycles. The molecule has 0 aromatic carbocycles. The number of nitrogens with one attached hydrogen (secondary N) is 2. The second-order valence-corrected chi connectivity index (χ2v) is 7.22. The third kappa shape index (κ3) is 5.58. The molecular weight excluding hydrogens is 324 g/mol. The number of hydrogen-bond donors (Lipinski definition) is 2. The molecule has 126 valence electrons. The summed E-state index contributed by atoms with van der Waals surface area (Å²) >= 11 is 1.54. The van der Waals surface area contributed by atoms with Crippen LogP contribution in [0.3, 0.4) is 0 Å². The van der Waals surface area contributed by atoms with Crippen molar-refractivity contribution in [1.82, 2.24) is 15.3 Å². The van der Waals surface area contributed by atoms with Crippen LogP contribution in [0, 0.1) is 0 Å². The Bertz CT molecular complexity index is 733. The molecule has 2 N–H and O–H groups in total. The molecule has 0 unspecified atom stereocenters. The number of carbonyl (C=O) groups excluding carboxylic acids is 2. The van der Waals surface area contributed by atoms with Crippen LogP contribution in [-0.4, -0.2) is 28.3 Å². The van der Waals surface area contributed by atoms with Gasteiger partial charge in [-0.2, -0.15) is 0 Å². The van der Waals surface area contributed by atoms with Gasteiger partial charge in [0.15, 0.2) is 0 Å². The molecule has 2 rings (SSSR count). The van der Waals surface area contributed by atoms with E-state index in [2.05, 4.69) is 41.4 Å². The summed E-state index contributed by atoms with van der Waals surface area (Å²) in [6, 6.07) is 3.45. The van der Waals surface area contributed by atoms with Gasteiger partial charge in [-0.3, -0.25) is 14.6 Å². The summed E-state index contributed by atoms with van der Waals surface area (Å²) in [5.74, 6) is -0.639. The van der Waals surface area contributed by atoms with Crippen molar-refractivity contribution >= 4 is 34.9 Å². The molecular formula is C17H20N4O2S. The lowest BCUT2D eigenvalue weighted by Crippen LogP contribution is -2.31. The summed E-state index contributed by atoms with van der Waals surface area (Å²) in [6.45, 7) is 6.17. The van der Waals surface area contributed by atoms with Gasteiger partial charge in [-0.1, -0.05) is 20.8 Å². The zero-order valence-electron chi connectivity index (χ0n) is 13.9. The van der Waals surface area contributed by atoms with Gasteiger partial charge in [-0.15, -0.1) is 11.3 Å². The second kappa shape index (κ2) is 7.83. The van der Waals surface area contributed by atoms with Gasteiger partial charge in [0.25, 0.3) is 0 Å². The minimum Gasteiger partial charge on any atom is -0.343 e. The number of amides is 2. The van der Waals surface area contributed by atoms with Gasteiger partial charge < -0.3 is 10.6 Å². The van der Waals surface area contributed by atoms with E-state index in [4.69, 9.17) is 0 Å². The lowest BCUT2D eigenvalue weighted by Gasteiger charge is -2.13. The molecule has 0 fully saturated rings. The van der Waals surface area contributed by atoms with Crippen molar-refractivity contribution in [3.63, 3.8) is 0 Å². The predicted molar refractivity (Wildman–Crippen MR) is 95.7 cm³/mol. The normalized spacial score (nSPS) is 11.5. The van der Waals surface area contributed by atoms with Gasteiger partial charge in [0.05, 0.1) is 23.4 Å². The molecule has 2 heterocycles. The third-order valence-corrected chi connectivity index (χ3v) is 4.32. The zero-order valence-corrected chi connectivity index (χ0v) is 14.7. The van der Waals surface area contributed by atoms with E-state index < -0.39 is 0 Å². The number of aromatic nitrogens is 2. The number of carbonyl (C=O) groups is 2. The third-order valence-electron chi connectivity index (χ3n) is 2.93. The molecule has 0 spiro atoms. The highest BCUT2D eigenvalue weighted by atomic mass is 32.1. The van der Waals surface area contributed by atoms with Crippen LogP contribution in [-0.2, 0) is 15.0 Å². The highest BCUT2D eigenvalue weighted by molar-refractivity contribution is 7.12. The summed E-state index contributed by atoms with van der Waals surface area (Å²) < 4.78 is 0. The Hall–Kier alpha value is -2.54. The Balaban J connectivity index is 1.80. The lowest BCUT2D eigenvalue weighted by atomic mass is 9.98. The van der Waals surface area contributed by atoms with Crippen molar-refractivity contribution in [1.29, 1.82) is 0 Å². The number of nitrogens with zero attached hydrogens (tertiary/aromatic N) is 2. The molecule has 2 aromatic rings. The second-order valence-electron chi connectivity index (χ2n) is 6.16. The van der Waals surface area contributed by atoms with E-state index in [9.17, 15) is 9.59 Å². The maximum absolute atomic E-state index is 11.8. The minimum absolute atomic E-state index is 0.0105. The maximum atomic E-state index is 11.8. The quantitative estimate of drug-likeness (QED) is 0.817. The Morgan fingerprint density at radius 2 is 2.08 bits per heavy atom. The van der Waals surface area contributed by atoms with Gasteiger partial charge in [-0.05, 0) is 18.2 Å². The minimum atomic E-state index is -0.331. The van der Waals surface area contributed by atoms with Crippen molar-refractivity contribution in [3.8, 4) is 0 Å². The Kier molecular flexibility index (Phi) is 5.81. The van der Waals surface area contributed by atoms with Gasteiger partial charge in [0.1, 0.15) is 0 Å². The molecule has 0 aliphatic heterocycles. The standard InChI is InChI=1S/C17H20N4O2S/c1-17(2,3)16-20-10-13(24-16)6-7-14(22)19-11-15(23)21-12-5-4-8-18-9-12/h4-10H,11H2,1-3H3,(H,19,22)(H,21,23). The van der Waals surface area contributed by atoms with Crippen molar-refractivity contribution < 1.29 is 9.59 Å². The summed E-state index contributed by atoms with van der Waals surface area (Å²) in [5, 5.41) is 6.19. The molecule has 6 nitrogen and oxygen atoms in total.